The normalized spacial score (nSPS) is 17.1. The number of aromatic nitrogens is 3. The van der Waals surface area contributed by atoms with E-state index in [1.807, 2.05) is 36.4 Å². The van der Waals surface area contributed by atoms with Crippen LogP contribution < -0.4 is 10.1 Å². The van der Waals surface area contributed by atoms with E-state index in [1.165, 1.54) is 0 Å². The smallest absolute Gasteiger partial charge is 0.231 e. The molecule has 1 atom stereocenters. The third-order valence-electron chi connectivity index (χ3n) is 4.09. The van der Waals surface area contributed by atoms with Gasteiger partial charge in [0.15, 0.2) is 0 Å². The molecule has 6 heteroatoms. The molecule has 1 aromatic carbocycles. The molecule has 0 spiro atoms. The van der Waals surface area contributed by atoms with Crippen LogP contribution in [0.15, 0.2) is 53.3 Å². The largest absolute Gasteiger partial charge is 0.489 e. The Hall–Kier alpha value is -2.73. The Balaban J connectivity index is 1.42. The molecule has 0 unspecified atom stereocenters. The topological polar surface area (TPSA) is 73.1 Å². The lowest BCUT2D eigenvalue weighted by Crippen LogP contribution is -2.08. The monoisotopic (exact) mass is 322 g/mol. The van der Waals surface area contributed by atoms with E-state index in [4.69, 9.17) is 9.26 Å². The van der Waals surface area contributed by atoms with Crippen LogP contribution >= 0.6 is 0 Å². The van der Waals surface area contributed by atoms with Gasteiger partial charge in [0.2, 0.25) is 11.7 Å². The maximum Gasteiger partial charge on any atom is 0.231 e. The van der Waals surface area contributed by atoms with Gasteiger partial charge in [0, 0.05) is 30.1 Å². The minimum Gasteiger partial charge on any atom is -0.489 e. The van der Waals surface area contributed by atoms with Crippen LogP contribution in [0.1, 0.15) is 23.8 Å². The van der Waals surface area contributed by atoms with Crippen molar-refractivity contribution in [3.8, 4) is 17.1 Å². The molecule has 1 saturated heterocycles. The van der Waals surface area contributed by atoms with Gasteiger partial charge in [-0.1, -0.05) is 11.2 Å². The molecule has 0 radical (unpaired) electrons. The van der Waals surface area contributed by atoms with Crippen molar-refractivity contribution in [2.24, 2.45) is 0 Å². The summed E-state index contributed by atoms with van der Waals surface area (Å²) >= 11 is 0. The number of pyridine rings is 1. The molecule has 1 fully saturated rings. The highest BCUT2D eigenvalue weighted by Gasteiger charge is 2.22. The van der Waals surface area contributed by atoms with Gasteiger partial charge in [-0.2, -0.15) is 4.98 Å². The lowest BCUT2D eigenvalue weighted by Gasteiger charge is -2.06. The van der Waals surface area contributed by atoms with E-state index in [0.29, 0.717) is 24.2 Å². The zero-order valence-corrected chi connectivity index (χ0v) is 13.2. The van der Waals surface area contributed by atoms with Crippen molar-refractivity contribution in [3.05, 3.63) is 60.2 Å². The maximum absolute atomic E-state index is 5.76. The fraction of sp³-hybridized carbons (Fsp3) is 0.278. The molecule has 24 heavy (non-hydrogen) atoms. The fourth-order valence-corrected chi connectivity index (χ4v) is 2.73. The molecule has 1 aliphatic heterocycles. The number of hydrogen-bond donors (Lipinski definition) is 1. The van der Waals surface area contributed by atoms with Gasteiger partial charge in [-0.25, -0.2) is 0 Å². The van der Waals surface area contributed by atoms with E-state index < -0.39 is 0 Å². The molecule has 3 heterocycles. The molecular formula is C18H18N4O2. The molecule has 1 N–H and O–H groups in total. The van der Waals surface area contributed by atoms with Crippen LogP contribution in [0.25, 0.3) is 11.4 Å². The van der Waals surface area contributed by atoms with Crippen molar-refractivity contribution in [2.75, 3.05) is 13.1 Å². The lowest BCUT2D eigenvalue weighted by atomic mass is 10.1. The molecule has 1 aliphatic rings. The maximum atomic E-state index is 5.76. The van der Waals surface area contributed by atoms with E-state index in [9.17, 15) is 0 Å². The first kappa shape index (κ1) is 14.8. The van der Waals surface area contributed by atoms with Gasteiger partial charge in [-0.05, 0) is 43.3 Å². The molecular weight excluding hydrogens is 304 g/mol. The average molecular weight is 322 g/mol. The minimum absolute atomic E-state index is 0.327. The summed E-state index contributed by atoms with van der Waals surface area (Å²) in [7, 11) is 0. The number of rotatable bonds is 5. The number of hydrogen-bond acceptors (Lipinski definition) is 6. The Labute approximate surface area is 139 Å². The van der Waals surface area contributed by atoms with Gasteiger partial charge >= 0.3 is 0 Å². The van der Waals surface area contributed by atoms with Crippen LogP contribution in [-0.2, 0) is 6.61 Å². The Kier molecular flexibility index (Phi) is 4.20. The number of benzene rings is 1. The molecule has 0 aliphatic carbocycles. The van der Waals surface area contributed by atoms with E-state index >= 15 is 0 Å². The molecule has 6 nitrogen and oxygen atoms in total. The third-order valence-corrected chi connectivity index (χ3v) is 4.09. The van der Waals surface area contributed by atoms with Crippen LogP contribution in [0.5, 0.6) is 5.75 Å². The van der Waals surface area contributed by atoms with Crippen LogP contribution in [0.3, 0.4) is 0 Å². The summed E-state index contributed by atoms with van der Waals surface area (Å²) in [6, 6.07) is 11.6. The summed E-state index contributed by atoms with van der Waals surface area (Å²) in [4.78, 5) is 8.59. The van der Waals surface area contributed by atoms with Crippen molar-refractivity contribution in [2.45, 2.75) is 18.9 Å². The lowest BCUT2D eigenvalue weighted by molar-refractivity contribution is 0.306. The molecule has 0 amide bonds. The summed E-state index contributed by atoms with van der Waals surface area (Å²) in [5.74, 6) is 2.46. The first-order valence-corrected chi connectivity index (χ1v) is 8.05. The Morgan fingerprint density at radius 2 is 2.12 bits per heavy atom. The molecule has 0 saturated carbocycles. The van der Waals surface area contributed by atoms with Crippen molar-refractivity contribution in [1.82, 2.24) is 20.4 Å². The van der Waals surface area contributed by atoms with Crippen LogP contribution in [-0.4, -0.2) is 28.2 Å². The predicted molar refractivity (Wildman–Crippen MR) is 88.5 cm³/mol. The summed E-state index contributed by atoms with van der Waals surface area (Å²) in [5.41, 5.74) is 1.96. The van der Waals surface area contributed by atoms with Crippen LogP contribution in [0, 0.1) is 0 Å². The van der Waals surface area contributed by atoms with E-state index in [2.05, 4.69) is 20.4 Å². The number of nitrogens with zero attached hydrogens (tertiary/aromatic N) is 3. The van der Waals surface area contributed by atoms with Crippen molar-refractivity contribution < 1.29 is 9.26 Å². The molecule has 0 bridgehead atoms. The van der Waals surface area contributed by atoms with Crippen LogP contribution in [0.2, 0.25) is 0 Å². The third kappa shape index (κ3) is 3.28. The highest BCUT2D eigenvalue weighted by Crippen LogP contribution is 2.25. The summed E-state index contributed by atoms with van der Waals surface area (Å²) in [6.45, 7) is 2.41. The first-order chi connectivity index (χ1) is 11.9. The van der Waals surface area contributed by atoms with E-state index in [1.54, 1.807) is 12.4 Å². The van der Waals surface area contributed by atoms with Gasteiger partial charge in [0.05, 0.1) is 5.92 Å². The Morgan fingerprint density at radius 1 is 1.21 bits per heavy atom. The summed E-state index contributed by atoms with van der Waals surface area (Å²) in [6.07, 6.45) is 4.59. The van der Waals surface area contributed by atoms with Crippen LogP contribution in [0.4, 0.5) is 0 Å². The highest BCUT2D eigenvalue weighted by atomic mass is 16.5. The standard InChI is InChI=1S/C18H18N4O2/c1-2-13(10-19-8-1)12-23-16-5-3-14(4-6-16)17-21-18(24-22-17)15-7-9-20-11-15/h1-6,8,10,15,20H,7,9,11-12H2/t15-/m0/s1. The van der Waals surface area contributed by atoms with Gasteiger partial charge in [-0.15, -0.1) is 0 Å². The van der Waals surface area contributed by atoms with Crippen molar-refractivity contribution in [3.63, 3.8) is 0 Å². The van der Waals surface area contributed by atoms with E-state index in [-0.39, 0.29) is 0 Å². The van der Waals surface area contributed by atoms with Gasteiger partial charge in [0.1, 0.15) is 12.4 Å². The highest BCUT2D eigenvalue weighted by molar-refractivity contribution is 5.55. The Morgan fingerprint density at radius 3 is 2.88 bits per heavy atom. The average Bonchev–Trinajstić information content (AvgIpc) is 3.33. The van der Waals surface area contributed by atoms with Crippen molar-refractivity contribution in [1.29, 1.82) is 0 Å². The second kappa shape index (κ2) is 6.80. The molecule has 122 valence electrons. The first-order valence-electron chi connectivity index (χ1n) is 8.05. The number of nitrogens with one attached hydrogen (secondary N) is 1. The predicted octanol–water partition coefficient (Wildman–Crippen LogP) is 2.79. The van der Waals surface area contributed by atoms with Gasteiger partial charge in [-0.3, -0.25) is 4.98 Å². The number of ether oxygens (including phenoxy) is 1. The second-order valence-electron chi connectivity index (χ2n) is 5.82. The zero-order valence-electron chi connectivity index (χ0n) is 13.2. The fourth-order valence-electron chi connectivity index (χ4n) is 2.73. The quantitative estimate of drug-likeness (QED) is 0.779. The summed E-state index contributed by atoms with van der Waals surface area (Å²) in [5, 5.41) is 7.40. The van der Waals surface area contributed by atoms with Gasteiger partial charge in [0.25, 0.3) is 0 Å². The zero-order chi connectivity index (χ0) is 16.2. The second-order valence-corrected chi connectivity index (χ2v) is 5.82. The SMILES string of the molecule is c1cncc(COc2ccc(-c3noc([C@H]4CCNC4)n3)cc2)c1. The Bertz CT molecular complexity index is 780. The van der Waals surface area contributed by atoms with Crippen molar-refractivity contribution >= 4 is 0 Å². The van der Waals surface area contributed by atoms with E-state index in [0.717, 1.165) is 36.4 Å². The minimum atomic E-state index is 0.327. The molecule has 2 aromatic heterocycles. The summed E-state index contributed by atoms with van der Waals surface area (Å²) < 4.78 is 11.2. The molecule has 4 rings (SSSR count). The molecule has 3 aromatic rings. The van der Waals surface area contributed by atoms with Gasteiger partial charge < -0.3 is 14.6 Å².